The highest BCUT2D eigenvalue weighted by atomic mass is 16.3. The predicted octanol–water partition coefficient (Wildman–Crippen LogP) is 3.99. The van der Waals surface area contributed by atoms with E-state index in [9.17, 15) is 10.2 Å². The van der Waals surface area contributed by atoms with Gasteiger partial charge in [0.05, 0.1) is 0 Å². The SMILES string of the molecule is C=C/C=C(\C=C/N)C(C)(c1ccc(O)cc1)c1ccc(O)cc1. The second kappa shape index (κ2) is 6.88. The van der Waals surface area contributed by atoms with Crippen LogP contribution in [0.2, 0.25) is 0 Å². The minimum atomic E-state index is -0.508. The van der Waals surface area contributed by atoms with Crippen molar-refractivity contribution in [2.75, 3.05) is 0 Å². The highest BCUT2D eigenvalue weighted by molar-refractivity contribution is 5.53. The third-order valence-corrected chi connectivity index (χ3v) is 4.04. The van der Waals surface area contributed by atoms with Crippen molar-refractivity contribution >= 4 is 0 Å². The van der Waals surface area contributed by atoms with Gasteiger partial charge in [-0.3, -0.25) is 0 Å². The molecule has 2 aromatic carbocycles. The van der Waals surface area contributed by atoms with Gasteiger partial charge < -0.3 is 15.9 Å². The van der Waals surface area contributed by atoms with Crippen LogP contribution in [0.4, 0.5) is 0 Å². The molecule has 0 atom stereocenters. The van der Waals surface area contributed by atoms with Crippen LogP contribution in [-0.4, -0.2) is 10.2 Å². The average Bonchev–Trinajstić information content (AvgIpc) is 2.55. The van der Waals surface area contributed by atoms with Crippen molar-refractivity contribution in [2.45, 2.75) is 12.3 Å². The van der Waals surface area contributed by atoms with E-state index in [1.807, 2.05) is 36.4 Å². The van der Waals surface area contributed by atoms with Gasteiger partial charge in [0, 0.05) is 5.41 Å². The topological polar surface area (TPSA) is 66.5 Å². The molecule has 118 valence electrons. The predicted molar refractivity (Wildman–Crippen MR) is 94.3 cm³/mol. The molecule has 2 rings (SSSR count). The maximum Gasteiger partial charge on any atom is 0.115 e. The molecule has 0 unspecified atom stereocenters. The summed E-state index contributed by atoms with van der Waals surface area (Å²) in [5.41, 5.74) is 8.05. The van der Waals surface area contributed by atoms with Gasteiger partial charge in [0.1, 0.15) is 11.5 Å². The van der Waals surface area contributed by atoms with Gasteiger partial charge in [0.15, 0.2) is 0 Å². The lowest BCUT2D eigenvalue weighted by atomic mass is 9.70. The first kappa shape index (κ1) is 16.4. The van der Waals surface area contributed by atoms with Crippen LogP contribution in [-0.2, 0) is 5.41 Å². The standard InChI is InChI=1S/C20H21NO2/c1-3-4-15(13-14-21)20(2,16-5-9-18(22)10-6-16)17-7-11-19(23)12-8-17/h3-14,22-23H,1,21H2,2H3/b14-13-,15-4+. The lowest BCUT2D eigenvalue weighted by Crippen LogP contribution is -2.26. The first-order valence-electron chi connectivity index (χ1n) is 7.33. The Labute approximate surface area is 136 Å². The third-order valence-electron chi connectivity index (χ3n) is 4.04. The molecule has 0 saturated carbocycles. The summed E-state index contributed by atoms with van der Waals surface area (Å²) < 4.78 is 0. The van der Waals surface area contributed by atoms with Crippen molar-refractivity contribution in [3.63, 3.8) is 0 Å². The maximum atomic E-state index is 9.58. The maximum absolute atomic E-state index is 9.58. The van der Waals surface area contributed by atoms with Crippen molar-refractivity contribution in [1.29, 1.82) is 0 Å². The summed E-state index contributed by atoms with van der Waals surface area (Å²) in [5.74, 6) is 0.427. The van der Waals surface area contributed by atoms with Crippen molar-refractivity contribution in [2.24, 2.45) is 5.73 Å². The minimum absolute atomic E-state index is 0.213. The zero-order valence-electron chi connectivity index (χ0n) is 13.1. The van der Waals surface area contributed by atoms with E-state index < -0.39 is 5.41 Å². The van der Waals surface area contributed by atoms with Crippen molar-refractivity contribution < 1.29 is 10.2 Å². The Morgan fingerprint density at radius 3 is 1.74 bits per heavy atom. The molecule has 0 spiro atoms. The fourth-order valence-corrected chi connectivity index (χ4v) is 2.71. The minimum Gasteiger partial charge on any atom is -0.508 e. The zero-order chi connectivity index (χ0) is 16.9. The number of hydrogen-bond donors (Lipinski definition) is 3. The van der Waals surface area contributed by atoms with Crippen LogP contribution in [0.5, 0.6) is 11.5 Å². The lowest BCUT2D eigenvalue weighted by molar-refractivity contribution is 0.474. The van der Waals surface area contributed by atoms with Crippen LogP contribution in [0.1, 0.15) is 18.1 Å². The molecular weight excluding hydrogens is 286 g/mol. The van der Waals surface area contributed by atoms with Crippen molar-refractivity contribution in [3.05, 3.63) is 96.2 Å². The molecule has 4 N–H and O–H groups in total. The van der Waals surface area contributed by atoms with Crippen LogP contribution in [0.15, 0.2) is 85.1 Å². The molecule has 0 amide bonds. The van der Waals surface area contributed by atoms with E-state index >= 15 is 0 Å². The van der Waals surface area contributed by atoms with E-state index in [1.54, 1.807) is 30.3 Å². The summed E-state index contributed by atoms with van der Waals surface area (Å²) in [6, 6.07) is 14.1. The number of allylic oxidation sites excluding steroid dienone is 4. The molecule has 0 aliphatic carbocycles. The Hall–Kier alpha value is -2.94. The number of phenolic OH excluding ortho intramolecular Hbond substituents is 2. The Balaban J connectivity index is 2.72. The van der Waals surface area contributed by atoms with E-state index in [2.05, 4.69) is 13.5 Å². The van der Waals surface area contributed by atoms with E-state index in [0.29, 0.717) is 0 Å². The summed E-state index contributed by atoms with van der Waals surface area (Å²) in [7, 11) is 0. The molecule has 0 bridgehead atoms. The van der Waals surface area contributed by atoms with Crippen LogP contribution in [0.25, 0.3) is 0 Å². The van der Waals surface area contributed by atoms with Crippen molar-refractivity contribution in [3.8, 4) is 11.5 Å². The fourth-order valence-electron chi connectivity index (χ4n) is 2.71. The summed E-state index contributed by atoms with van der Waals surface area (Å²) in [4.78, 5) is 0. The Kier molecular flexibility index (Phi) is 4.91. The Morgan fingerprint density at radius 2 is 1.39 bits per heavy atom. The molecule has 0 heterocycles. The second-order valence-corrected chi connectivity index (χ2v) is 5.44. The van der Waals surface area contributed by atoms with Gasteiger partial charge in [-0.1, -0.05) is 43.0 Å². The largest absolute Gasteiger partial charge is 0.508 e. The van der Waals surface area contributed by atoms with Gasteiger partial charge in [-0.25, -0.2) is 0 Å². The van der Waals surface area contributed by atoms with Crippen LogP contribution >= 0.6 is 0 Å². The first-order chi connectivity index (χ1) is 11.0. The van der Waals surface area contributed by atoms with Gasteiger partial charge in [-0.2, -0.15) is 0 Å². The van der Waals surface area contributed by atoms with Crippen LogP contribution in [0.3, 0.4) is 0 Å². The summed E-state index contributed by atoms with van der Waals surface area (Å²) in [6.45, 7) is 5.85. The highest BCUT2D eigenvalue weighted by Gasteiger charge is 2.31. The smallest absolute Gasteiger partial charge is 0.115 e. The number of nitrogens with two attached hydrogens (primary N) is 1. The van der Waals surface area contributed by atoms with Gasteiger partial charge >= 0.3 is 0 Å². The normalized spacial score (nSPS) is 12.5. The molecule has 0 fully saturated rings. The molecule has 0 saturated heterocycles. The molecule has 0 aromatic heterocycles. The molecule has 0 aliphatic heterocycles. The number of phenols is 2. The molecule has 0 radical (unpaired) electrons. The Bertz CT molecular complexity index is 680. The van der Waals surface area contributed by atoms with Crippen molar-refractivity contribution in [1.82, 2.24) is 0 Å². The average molecular weight is 307 g/mol. The monoisotopic (exact) mass is 307 g/mol. The highest BCUT2D eigenvalue weighted by Crippen LogP contribution is 2.40. The molecular formula is C20H21NO2. The zero-order valence-corrected chi connectivity index (χ0v) is 13.1. The first-order valence-corrected chi connectivity index (χ1v) is 7.33. The van der Waals surface area contributed by atoms with E-state index in [4.69, 9.17) is 5.73 Å². The number of benzene rings is 2. The van der Waals surface area contributed by atoms with Gasteiger partial charge in [-0.15, -0.1) is 0 Å². The molecule has 3 heteroatoms. The van der Waals surface area contributed by atoms with Gasteiger partial charge in [0.25, 0.3) is 0 Å². The molecule has 2 aromatic rings. The van der Waals surface area contributed by atoms with Crippen LogP contribution < -0.4 is 5.73 Å². The Morgan fingerprint density at radius 1 is 0.957 bits per heavy atom. The van der Waals surface area contributed by atoms with Gasteiger partial charge in [0.2, 0.25) is 0 Å². The summed E-state index contributed by atoms with van der Waals surface area (Å²) >= 11 is 0. The van der Waals surface area contributed by atoms with Crippen LogP contribution in [0, 0.1) is 0 Å². The third kappa shape index (κ3) is 3.29. The summed E-state index contributed by atoms with van der Waals surface area (Å²) in [5, 5.41) is 19.2. The number of aromatic hydroxyl groups is 2. The van der Waals surface area contributed by atoms with E-state index in [-0.39, 0.29) is 11.5 Å². The van der Waals surface area contributed by atoms with Gasteiger partial charge in [-0.05, 0) is 60.2 Å². The molecule has 23 heavy (non-hydrogen) atoms. The second-order valence-electron chi connectivity index (χ2n) is 5.44. The summed E-state index contributed by atoms with van der Waals surface area (Å²) in [6.07, 6.45) is 6.95. The molecule has 0 aliphatic rings. The number of rotatable bonds is 5. The van der Waals surface area contributed by atoms with E-state index in [0.717, 1.165) is 16.7 Å². The number of hydrogen-bond acceptors (Lipinski definition) is 3. The fraction of sp³-hybridized carbons (Fsp3) is 0.100. The lowest BCUT2D eigenvalue weighted by Gasteiger charge is -2.32. The molecule has 3 nitrogen and oxygen atoms in total. The quantitative estimate of drug-likeness (QED) is 0.732. The van der Waals surface area contributed by atoms with E-state index in [1.165, 1.54) is 6.20 Å².